The highest BCUT2D eigenvalue weighted by Gasteiger charge is 2.38. The second-order valence-corrected chi connectivity index (χ2v) is 7.09. The third-order valence-electron chi connectivity index (χ3n) is 4.16. The molecule has 0 aliphatic carbocycles. The average molecular weight is 332 g/mol. The molecule has 1 aliphatic rings. The van der Waals surface area contributed by atoms with Crippen LogP contribution < -0.4 is 0 Å². The molecule has 3 rings (SSSR count). The van der Waals surface area contributed by atoms with E-state index in [9.17, 15) is 15.0 Å². The molecule has 2 aromatic rings. The van der Waals surface area contributed by atoms with Gasteiger partial charge in [-0.25, -0.2) is 4.98 Å². The SMILES string of the molecule is Cc1ccc(Cc2nc(C(=O)N3CCC(O)(CO)C3)cs2)cc1. The first-order valence-electron chi connectivity index (χ1n) is 7.61. The van der Waals surface area contributed by atoms with Gasteiger partial charge in [0.05, 0.1) is 18.2 Å². The molecule has 2 N–H and O–H groups in total. The maximum absolute atomic E-state index is 12.4. The number of aryl methyl sites for hydroxylation is 1. The molecular formula is C17H20N2O3S. The van der Waals surface area contributed by atoms with Gasteiger partial charge in [-0.2, -0.15) is 0 Å². The molecule has 122 valence electrons. The lowest BCUT2D eigenvalue weighted by Gasteiger charge is -2.20. The molecule has 5 nitrogen and oxygen atoms in total. The quantitative estimate of drug-likeness (QED) is 0.892. The van der Waals surface area contributed by atoms with E-state index in [2.05, 4.69) is 29.2 Å². The Morgan fingerprint density at radius 2 is 2.13 bits per heavy atom. The van der Waals surface area contributed by atoms with Crippen LogP contribution in [0.1, 0.15) is 33.0 Å². The normalized spacial score (nSPS) is 20.9. The monoisotopic (exact) mass is 332 g/mol. The summed E-state index contributed by atoms with van der Waals surface area (Å²) >= 11 is 1.47. The average Bonchev–Trinajstić information content (AvgIpc) is 3.17. The Hall–Kier alpha value is -1.76. The maximum Gasteiger partial charge on any atom is 0.273 e. The number of aromatic nitrogens is 1. The highest BCUT2D eigenvalue weighted by Crippen LogP contribution is 2.23. The lowest BCUT2D eigenvalue weighted by atomic mass is 10.1. The Bertz CT molecular complexity index is 698. The van der Waals surface area contributed by atoms with Crippen molar-refractivity contribution in [3.05, 3.63) is 51.5 Å². The lowest BCUT2D eigenvalue weighted by molar-refractivity contribution is -0.00459. The molecule has 2 heterocycles. The molecule has 0 saturated carbocycles. The fourth-order valence-electron chi connectivity index (χ4n) is 2.69. The molecule has 1 atom stereocenters. The molecule has 1 unspecified atom stereocenters. The van der Waals surface area contributed by atoms with Gasteiger partial charge < -0.3 is 15.1 Å². The van der Waals surface area contributed by atoms with Crippen LogP contribution >= 0.6 is 11.3 Å². The zero-order valence-corrected chi connectivity index (χ0v) is 13.8. The molecular weight excluding hydrogens is 312 g/mol. The summed E-state index contributed by atoms with van der Waals surface area (Å²) in [6.07, 6.45) is 1.11. The molecule has 1 amide bonds. The number of amides is 1. The van der Waals surface area contributed by atoms with Crippen molar-refractivity contribution >= 4 is 17.2 Å². The van der Waals surface area contributed by atoms with E-state index in [0.29, 0.717) is 25.1 Å². The van der Waals surface area contributed by atoms with Gasteiger partial charge in [-0.3, -0.25) is 4.79 Å². The topological polar surface area (TPSA) is 73.7 Å². The summed E-state index contributed by atoms with van der Waals surface area (Å²) in [6, 6.07) is 8.27. The number of rotatable bonds is 4. The van der Waals surface area contributed by atoms with E-state index in [4.69, 9.17) is 0 Å². The number of nitrogens with zero attached hydrogens (tertiary/aromatic N) is 2. The summed E-state index contributed by atoms with van der Waals surface area (Å²) in [6.45, 7) is 2.33. The van der Waals surface area contributed by atoms with E-state index in [1.807, 2.05) is 6.92 Å². The van der Waals surface area contributed by atoms with E-state index >= 15 is 0 Å². The number of carbonyl (C=O) groups is 1. The number of likely N-dealkylation sites (tertiary alicyclic amines) is 1. The van der Waals surface area contributed by atoms with Gasteiger partial charge in [0.1, 0.15) is 11.3 Å². The zero-order valence-electron chi connectivity index (χ0n) is 13.0. The van der Waals surface area contributed by atoms with Gasteiger partial charge in [-0.15, -0.1) is 11.3 Å². The number of thiazole rings is 1. The molecule has 0 bridgehead atoms. The van der Waals surface area contributed by atoms with Crippen molar-refractivity contribution in [3.8, 4) is 0 Å². The third-order valence-corrected chi connectivity index (χ3v) is 5.01. The molecule has 0 radical (unpaired) electrons. The standard InChI is InChI=1S/C17H20N2O3S/c1-12-2-4-13(5-3-12)8-15-18-14(9-23-15)16(21)19-7-6-17(22,10-19)11-20/h2-5,9,20,22H,6-8,10-11H2,1H3. The highest BCUT2D eigenvalue weighted by molar-refractivity contribution is 7.09. The molecule has 1 aromatic heterocycles. The number of benzene rings is 1. The van der Waals surface area contributed by atoms with Gasteiger partial charge in [0.2, 0.25) is 0 Å². The molecule has 0 spiro atoms. The fraction of sp³-hybridized carbons (Fsp3) is 0.412. The first-order chi connectivity index (χ1) is 11.0. The van der Waals surface area contributed by atoms with Crippen molar-refractivity contribution in [3.63, 3.8) is 0 Å². The van der Waals surface area contributed by atoms with Gasteiger partial charge in [0, 0.05) is 18.3 Å². The van der Waals surface area contributed by atoms with Crippen LogP contribution in [-0.2, 0) is 6.42 Å². The fourth-order valence-corrected chi connectivity index (χ4v) is 3.49. The molecule has 1 aliphatic heterocycles. The first kappa shape index (κ1) is 16.1. The van der Waals surface area contributed by atoms with Crippen molar-refractivity contribution in [2.75, 3.05) is 19.7 Å². The summed E-state index contributed by atoms with van der Waals surface area (Å²) in [5, 5.41) is 21.9. The predicted octanol–water partition coefficient (Wildman–Crippen LogP) is 1.61. The van der Waals surface area contributed by atoms with Crippen LogP contribution in [0, 0.1) is 6.92 Å². The number of carbonyl (C=O) groups excluding carboxylic acids is 1. The number of β-amino-alcohol motifs (C(OH)–C–C–N with tert-alkyl or cyclic N) is 1. The molecule has 1 aromatic carbocycles. The van der Waals surface area contributed by atoms with Crippen LogP contribution in [0.3, 0.4) is 0 Å². The van der Waals surface area contributed by atoms with E-state index < -0.39 is 5.60 Å². The summed E-state index contributed by atoms with van der Waals surface area (Å²) in [5.74, 6) is -0.180. The second-order valence-electron chi connectivity index (χ2n) is 6.15. The maximum atomic E-state index is 12.4. The predicted molar refractivity (Wildman–Crippen MR) is 88.7 cm³/mol. The van der Waals surface area contributed by atoms with Crippen LogP contribution in [-0.4, -0.2) is 51.3 Å². The third kappa shape index (κ3) is 3.60. The smallest absolute Gasteiger partial charge is 0.273 e. The minimum atomic E-state index is -1.17. The van der Waals surface area contributed by atoms with Gasteiger partial charge in [0.25, 0.3) is 5.91 Å². The van der Waals surface area contributed by atoms with Crippen molar-refractivity contribution in [1.29, 1.82) is 0 Å². The molecule has 1 saturated heterocycles. The van der Waals surface area contributed by atoms with Crippen molar-refractivity contribution in [1.82, 2.24) is 9.88 Å². The van der Waals surface area contributed by atoms with Crippen LogP contribution in [0.4, 0.5) is 0 Å². The van der Waals surface area contributed by atoms with Crippen LogP contribution in [0.25, 0.3) is 0 Å². The van der Waals surface area contributed by atoms with Crippen LogP contribution in [0.5, 0.6) is 0 Å². The van der Waals surface area contributed by atoms with E-state index in [1.54, 1.807) is 10.3 Å². The summed E-state index contributed by atoms with van der Waals surface area (Å²) in [4.78, 5) is 18.4. The number of hydrogen-bond donors (Lipinski definition) is 2. The molecule has 6 heteroatoms. The molecule has 23 heavy (non-hydrogen) atoms. The van der Waals surface area contributed by atoms with Crippen molar-refractivity contribution in [2.24, 2.45) is 0 Å². The van der Waals surface area contributed by atoms with Crippen LogP contribution in [0.15, 0.2) is 29.6 Å². The molecule has 1 fully saturated rings. The second kappa shape index (κ2) is 6.39. The zero-order chi connectivity index (χ0) is 16.4. The van der Waals surface area contributed by atoms with Gasteiger partial charge in [-0.1, -0.05) is 29.8 Å². The Morgan fingerprint density at radius 3 is 2.78 bits per heavy atom. The minimum absolute atomic E-state index is 0.160. The number of aliphatic hydroxyl groups is 2. The van der Waals surface area contributed by atoms with E-state index in [1.165, 1.54) is 22.5 Å². The number of hydrogen-bond acceptors (Lipinski definition) is 5. The van der Waals surface area contributed by atoms with E-state index in [0.717, 1.165) is 5.01 Å². The lowest BCUT2D eigenvalue weighted by Crippen LogP contribution is -2.38. The summed E-state index contributed by atoms with van der Waals surface area (Å²) < 4.78 is 0. The Balaban J connectivity index is 1.67. The first-order valence-corrected chi connectivity index (χ1v) is 8.49. The minimum Gasteiger partial charge on any atom is -0.393 e. The largest absolute Gasteiger partial charge is 0.393 e. The van der Waals surface area contributed by atoms with E-state index in [-0.39, 0.29) is 19.1 Å². The Labute approximate surface area is 139 Å². The summed E-state index contributed by atoms with van der Waals surface area (Å²) in [7, 11) is 0. The van der Waals surface area contributed by atoms with Gasteiger partial charge >= 0.3 is 0 Å². The van der Waals surface area contributed by atoms with Crippen molar-refractivity contribution < 1.29 is 15.0 Å². The highest BCUT2D eigenvalue weighted by atomic mass is 32.1. The van der Waals surface area contributed by atoms with Gasteiger partial charge in [0.15, 0.2) is 0 Å². The van der Waals surface area contributed by atoms with Crippen molar-refractivity contribution in [2.45, 2.75) is 25.4 Å². The van der Waals surface area contributed by atoms with Crippen LogP contribution in [0.2, 0.25) is 0 Å². The summed E-state index contributed by atoms with van der Waals surface area (Å²) in [5.41, 5.74) is 1.63. The number of aliphatic hydroxyl groups excluding tert-OH is 1. The Kier molecular flexibility index (Phi) is 4.48. The Morgan fingerprint density at radius 1 is 1.39 bits per heavy atom. The van der Waals surface area contributed by atoms with Gasteiger partial charge in [-0.05, 0) is 18.9 Å².